The van der Waals surface area contributed by atoms with E-state index in [1.165, 1.54) is 0 Å². The lowest BCUT2D eigenvalue weighted by molar-refractivity contribution is -0.338. The van der Waals surface area contributed by atoms with Crippen LogP contribution < -0.4 is 0 Å². The monoisotopic (exact) mass is 934 g/mol. The first-order valence-corrected chi connectivity index (χ1v) is 24.1. The standard InChI is InChI=1S/C58H62O11/c1-56(2)66-49-46(65-55-53(51(49)67-56)68-57(3,4)69-55)38-62-54-52(61-37-42-27-15-7-16-28-42)50(60-36-41-25-13-6-14-26-41)48(59-35-40-23-11-5-12-24-40)47(64-54)39-63-58(43-29-17-8-18-30-43,44-31-19-9-20-32-44)45-33-21-10-22-34-45/h5-34,46-55H,35-39H2,1-4H3/t46-,47-,48-,49+,50+,51+,52-,53-,54+,55-/m1/s1. The Hall–Kier alpha value is -5.12. The Labute approximate surface area is 405 Å². The highest BCUT2D eigenvalue weighted by Crippen LogP contribution is 2.45. The van der Waals surface area contributed by atoms with Gasteiger partial charge >= 0.3 is 0 Å². The van der Waals surface area contributed by atoms with Crippen molar-refractivity contribution in [1.29, 1.82) is 0 Å². The van der Waals surface area contributed by atoms with Gasteiger partial charge in [0.1, 0.15) is 54.4 Å². The van der Waals surface area contributed by atoms with Crippen molar-refractivity contribution in [2.45, 2.75) is 126 Å². The van der Waals surface area contributed by atoms with E-state index in [1.54, 1.807) is 0 Å². The topological polar surface area (TPSA) is 102 Å². The normalized spacial score (nSPS) is 28.2. The molecular formula is C58H62O11. The molecule has 0 aromatic heterocycles. The lowest BCUT2D eigenvalue weighted by Gasteiger charge is -2.47. The van der Waals surface area contributed by atoms with Gasteiger partial charge < -0.3 is 52.1 Å². The van der Waals surface area contributed by atoms with Crippen LogP contribution >= 0.6 is 0 Å². The van der Waals surface area contributed by atoms with Crippen molar-refractivity contribution >= 4 is 0 Å². The minimum Gasteiger partial charge on any atom is -0.368 e. The molecule has 6 aromatic carbocycles. The third-order valence-corrected chi connectivity index (χ3v) is 13.1. The number of rotatable bonds is 18. The summed E-state index contributed by atoms with van der Waals surface area (Å²) in [4.78, 5) is 0. The van der Waals surface area contributed by atoms with Gasteiger partial charge in [-0.25, -0.2) is 0 Å². The number of benzene rings is 6. The predicted octanol–water partition coefficient (Wildman–Crippen LogP) is 9.89. The fourth-order valence-corrected chi connectivity index (χ4v) is 10.0. The first kappa shape index (κ1) is 47.6. The second-order valence-electron chi connectivity index (χ2n) is 19.0. The highest BCUT2D eigenvalue weighted by molar-refractivity contribution is 5.47. The molecule has 0 saturated carbocycles. The van der Waals surface area contributed by atoms with Crippen molar-refractivity contribution in [3.63, 3.8) is 0 Å². The van der Waals surface area contributed by atoms with E-state index in [0.717, 1.165) is 33.4 Å². The Balaban J connectivity index is 1.04. The van der Waals surface area contributed by atoms with E-state index in [9.17, 15) is 0 Å². The predicted molar refractivity (Wildman–Crippen MR) is 257 cm³/mol. The van der Waals surface area contributed by atoms with E-state index in [4.69, 9.17) is 52.1 Å². The summed E-state index contributed by atoms with van der Waals surface area (Å²) in [6, 6.07) is 61.2. The first-order chi connectivity index (χ1) is 33.6. The number of hydrogen-bond acceptors (Lipinski definition) is 11. The summed E-state index contributed by atoms with van der Waals surface area (Å²) in [6.07, 6.45) is -6.83. The number of ether oxygens (including phenoxy) is 11. The number of fused-ring (bicyclic) bond motifs is 3. The molecule has 0 spiro atoms. The zero-order valence-electron chi connectivity index (χ0n) is 39.6. The van der Waals surface area contributed by atoms with Crippen molar-refractivity contribution < 1.29 is 52.1 Å². The molecule has 0 bridgehead atoms. The van der Waals surface area contributed by atoms with Crippen LogP contribution in [0.4, 0.5) is 0 Å². The molecule has 69 heavy (non-hydrogen) atoms. The van der Waals surface area contributed by atoms with E-state index >= 15 is 0 Å². The van der Waals surface area contributed by atoms with E-state index in [-0.39, 0.29) is 33.0 Å². The van der Waals surface area contributed by atoms with Crippen molar-refractivity contribution in [2.24, 2.45) is 0 Å². The van der Waals surface area contributed by atoms with Crippen LogP contribution in [0.3, 0.4) is 0 Å². The van der Waals surface area contributed by atoms with Gasteiger partial charge in [-0.1, -0.05) is 182 Å². The summed E-state index contributed by atoms with van der Waals surface area (Å²) in [5.74, 6) is -1.77. The average Bonchev–Trinajstić information content (AvgIpc) is 3.89. The van der Waals surface area contributed by atoms with Crippen molar-refractivity contribution in [1.82, 2.24) is 0 Å². The Morgan fingerprint density at radius 1 is 0.391 bits per heavy atom. The third-order valence-electron chi connectivity index (χ3n) is 13.1. The Morgan fingerprint density at radius 2 is 0.797 bits per heavy atom. The molecule has 0 amide bonds. The van der Waals surface area contributed by atoms with Crippen LogP contribution in [0.15, 0.2) is 182 Å². The van der Waals surface area contributed by atoms with Crippen LogP contribution in [0.25, 0.3) is 0 Å². The second-order valence-corrected chi connectivity index (χ2v) is 19.0. The molecule has 0 unspecified atom stereocenters. The van der Waals surface area contributed by atoms with Gasteiger partial charge in [-0.2, -0.15) is 0 Å². The molecular weight excluding hydrogens is 873 g/mol. The van der Waals surface area contributed by atoms with Gasteiger partial charge in [0, 0.05) is 0 Å². The van der Waals surface area contributed by atoms with Gasteiger partial charge in [-0.3, -0.25) is 0 Å². The lowest BCUT2D eigenvalue weighted by Crippen LogP contribution is -2.63. The summed E-state index contributed by atoms with van der Waals surface area (Å²) in [7, 11) is 0. The summed E-state index contributed by atoms with van der Waals surface area (Å²) in [5.41, 5.74) is 4.79. The molecule has 4 heterocycles. The molecule has 4 saturated heterocycles. The molecule has 4 fully saturated rings. The zero-order valence-corrected chi connectivity index (χ0v) is 39.6. The van der Waals surface area contributed by atoms with Crippen LogP contribution in [0.1, 0.15) is 61.1 Å². The van der Waals surface area contributed by atoms with Crippen molar-refractivity contribution in [3.8, 4) is 0 Å². The van der Waals surface area contributed by atoms with Crippen LogP contribution in [0, 0.1) is 0 Å². The Morgan fingerprint density at radius 3 is 1.29 bits per heavy atom. The maximum atomic E-state index is 7.53. The van der Waals surface area contributed by atoms with E-state index in [2.05, 4.69) is 36.4 Å². The van der Waals surface area contributed by atoms with Gasteiger partial charge in [0.15, 0.2) is 24.2 Å². The molecule has 4 aliphatic rings. The van der Waals surface area contributed by atoms with E-state index in [1.807, 2.05) is 173 Å². The molecule has 10 rings (SSSR count). The largest absolute Gasteiger partial charge is 0.368 e. The fourth-order valence-electron chi connectivity index (χ4n) is 10.0. The first-order valence-electron chi connectivity index (χ1n) is 24.1. The molecule has 10 atom stereocenters. The fraction of sp³-hybridized carbons (Fsp3) is 0.379. The summed E-state index contributed by atoms with van der Waals surface area (Å²) in [5, 5.41) is 0. The Bertz CT molecular complexity index is 2400. The summed E-state index contributed by atoms with van der Waals surface area (Å²) < 4.78 is 75.3. The van der Waals surface area contributed by atoms with Crippen LogP contribution in [0.2, 0.25) is 0 Å². The van der Waals surface area contributed by atoms with Gasteiger partial charge in [-0.15, -0.1) is 0 Å². The van der Waals surface area contributed by atoms with Crippen LogP contribution in [-0.2, 0) is 77.5 Å². The molecule has 360 valence electrons. The van der Waals surface area contributed by atoms with Crippen molar-refractivity contribution in [3.05, 3.63) is 215 Å². The summed E-state index contributed by atoms with van der Waals surface area (Å²) >= 11 is 0. The quantitative estimate of drug-likeness (QED) is 0.0771. The van der Waals surface area contributed by atoms with Gasteiger partial charge in [-0.05, 0) is 61.1 Å². The molecule has 11 nitrogen and oxygen atoms in total. The minimum atomic E-state index is -1.06. The van der Waals surface area contributed by atoms with Gasteiger partial charge in [0.05, 0.1) is 33.0 Å². The van der Waals surface area contributed by atoms with Crippen LogP contribution in [0.5, 0.6) is 0 Å². The molecule has 0 radical (unpaired) electrons. The number of hydrogen-bond donors (Lipinski definition) is 0. The highest BCUT2D eigenvalue weighted by atomic mass is 16.9. The maximum Gasteiger partial charge on any atom is 0.190 e. The zero-order chi connectivity index (χ0) is 47.3. The molecule has 6 aromatic rings. The lowest BCUT2D eigenvalue weighted by atomic mass is 9.80. The molecule has 11 heteroatoms. The van der Waals surface area contributed by atoms with Crippen molar-refractivity contribution in [2.75, 3.05) is 13.2 Å². The molecule has 4 aliphatic heterocycles. The van der Waals surface area contributed by atoms with E-state index in [0.29, 0.717) is 0 Å². The van der Waals surface area contributed by atoms with Gasteiger partial charge in [0.2, 0.25) is 0 Å². The SMILES string of the molecule is CC1(C)O[C@H]2[C@@H](O1)[C@@H](CO[C@H]1O[C@H](COC(c3ccccc3)(c3ccccc3)c3ccccc3)[C@@H](OCc3ccccc3)[C@H](OCc3ccccc3)[C@H]1OCc1ccccc1)O[C@@H]1OC(C)(C)O[C@@H]12. The Kier molecular flexibility index (Phi) is 14.5. The third kappa shape index (κ3) is 10.8. The smallest absolute Gasteiger partial charge is 0.190 e. The van der Waals surface area contributed by atoms with Gasteiger partial charge in [0.25, 0.3) is 0 Å². The minimum absolute atomic E-state index is 0.0417. The highest BCUT2D eigenvalue weighted by Gasteiger charge is 2.61. The second kappa shape index (κ2) is 21.1. The van der Waals surface area contributed by atoms with E-state index < -0.39 is 78.6 Å². The molecule has 0 N–H and O–H groups in total. The summed E-state index contributed by atoms with van der Waals surface area (Å²) in [6.45, 7) is 8.45. The van der Waals surface area contributed by atoms with Crippen LogP contribution in [-0.4, -0.2) is 86.2 Å². The average molecular weight is 935 g/mol. The molecule has 0 aliphatic carbocycles. The maximum absolute atomic E-state index is 7.53.